The van der Waals surface area contributed by atoms with Crippen LogP contribution in [0.25, 0.3) is 0 Å². The molecule has 0 saturated heterocycles. The number of ether oxygens (including phenoxy) is 3. The van der Waals surface area contributed by atoms with Crippen LogP contribution in [0.3, 0.4) is 0 Å². The number of aliphatic hydroxyl groups is 2. The highest BCUT2D eigenvalue weighted by Crippen LogP contribution is 2.45. The number of hydrogen-bond donors (Lipinski definition) is 4. The van der Waals surface area contributed by atoms with E-state index in [1.165, 1.54) is 51.4 Å². The molecule has 5 unspecified atom stereocenters. The minimum Gasteiger partial charge on any atom is -0.463 e. The molecular weight excluding hydrogens is 1170 g/mol. The van der Waals surface area contributed by atoms with Crippen molar-refractivity contribution in [2.45, 2.75) is 245 Å². The van der Waals surface area contributed by atoms with Crippen LogP contribution in [0.4, 0.5) is 0 Å². The molecule has 4 N–H and O–H groups in total. The van der Waals surface area contributed by atoms with Crippen LogP contribution in [0.5, 0.6) is 0 Å². The minimum atomic E-state index is -4.94. The monoisotopic (exact) mass is 1290 g/mol. The number of phosphoric acid groups is 2. The number of carbonyl (C=O) groups excluding carboxylic acids is 3. The van der Waals surface area contributed by atoms with Crippen LogP contribution in [0, 0.1) is 0 Å². The van der Waals surface area contributed by atoms with Crippen molar-refractivity contribution in [1.29, 1.82) is 0 Å². The molecule has 0 amide bonds. The summed E-state index contributed by atoms with van der Waals surface area (Å²) in [5.74, 6) is -1.72. The number of phosphoric ester groups is 2. The van der Waals surface area contributed by atoms with Crippen molar-refractivity contribution in [2.75, 3.05) is 39.6 Å². The lowest BCUT2D eigenvalue weighted by Gasteiger charge is -2.21. The molecule has 0 spiro atoms. The molecule has 0 rings (SSSR count). The van der Waals surface area contributed by atoms with Crippen molar-refractivity contribution in [2.24, 2.45) is 0 Å². The van der Waals surface area contributed by atoms with E-state index < -0.39 is 91.5 Å². The first-order valence-electron chi connectivity index (χ1n) is 33.1. The van der Waals surface area contributed by atoms with Gasteiger partial charge in [-0.2, -0.15) is 0 Å². The maximum absolute atomic E-state index is 12.9. The normalized spacial score (nSPS) is 15.2. The molecule has 0 aromatic rings. The largest absolute Gasteiger partial charge is 0.472 e. The number of hydrogen-bond acceptors (Lipinski definition) is 14. The molecule has 89 heavy (non-hydrogen) atoms. The number of rotatable bonds is 61. The van der Waals surface area contributed by atoms with Gasteiger partial charge in [-0.15, -0.1) is 0 Å². The van der Waals surface area contributed by atoms with E-state index >= 15 is 0 Å². The van der Waals surface area contributed by atoms with Gasteiger partial charge in [0, 0.05) is 19.3 Å². The van der Waals surface area contributed by atoms with Gasteiger partial charge in [-0.3, -0.25) is 32.5 Å². The van der Waals surface area contributed by atoms with Gasteiger partial charge < -0.3 is 34.2 Å². The van der Waals surface area contributed by atoms with Crippen LogP contribution in [0.15, 0.2) is 146 Å². The molecule has 5 atom stereocenters. The molecule has 0 aliphatic carbocycles. The van der Waals surface area contributed by atoms with Crippen LogP contribution in [-0.2, 0) is 55.8 Å². The van der Waals surface area contributed by atoms with Gasteiger partial charge in [0.1, 0.15) is 25.4 Å². The van der Waals surface area contributed by atoms with E-state index in [0.717, 1.165) is 109 Å². The van der Waals surface area contributed by atoms with Crippen LogP contribution in [-0.4, -0.2) is 95.9 Å². The fraction of sp³-hybridized carbons (Fsp3) is 0.620. The van der Waals surface area contributed by atoms with Crippen molar-refractivity contribution in [3.63, 3.8) is 0 Å². The maximum Gasteiger partial charge on any atom is 0.472 e. The number of unbranched alkanes of at least 4 members (excludes halogenated alkanes) is 14. The Morgan fingerprint density at radius 3 is 1.01 bits per heavy atom. The highest BCUT2D eigenvalue weighted by molar-refractivity contribution is 7.47. The average molecular weight is 1290 g/mol. The minimum absolute atomic E-state index is 0.0414. The first-order valence-corrected chi connectivity index (χ1v) is 36.1. The van der Waals surface area contributed by atoms with Gasteiger partial charge in [-0.05, 0) is 109 Å². The van der Waals surface area contributed by atoms with Crippen molar-refractivity contribution in [3.05, 3.63) is 146 Å². The molecule has 506 valence electrons. The molecule has 0 bridgehead atoms. The van der Waals surface area contributed by atoms with Gasteiger partial charge in [0.15, 0.2) is 6.10 Å². The molecule has 18 heteroatoms. The third kappa shape index (κ3) is 64.8. The third-order valence-electron chi connectivity index (χ3n) is 13.1. The van der Waals surface area contributed by atoms with Crippen molar-refractivity contribution >= 4 is 33.6 Å². The Morgan fingerprint density at radius 2 is 0.618 bits per heavy atom. The molecule has 0 aromatic carbocycles. The molecule has 0 heterocycles. The summed E-state index contributed by atoms with van der Waals surface area (Å²) < 4.78 is 60.7. The predicted octanol–water partition coefficient (Wildman–Crippen LogP) is 18.2. The van der Waals surface area contributed by atoms with Gasteiger partial charge in [0.05, 0.1) is 26.4 Å². The lowest BCUT2D eigenvalue weighted by atomic mass is 10.0. The Bertz CT molecular complexity index is 2210. The molecule has 0 radical (unpaired) electrons. The highest BCUT2D eigenvalue weighted by Gasteiger charge is 2.29. The van der Waals surface area contributed by atoms with E-state index in [9.17, 15) is 43.5 Å². The van der Waals surface area contributed by atoms with Crippen LogP contribution >= 0.6 is 15.6 Å². The maximum atomic E-state index is 12.9. The lowest BCUT2D eigenvalue weighted by Crippen LogP contribution is -2.30. The fourth-order valence-corrected chi connectivity index (χ4v) is 9.65. The summed E-state index contributed by atoms with van der Waals surface area (Å²) in [5, 5.41) is 20.5. The van der Waals surface area contributed by atoms with Gasteiger partial charge in [-0.1, -0.05) is 244 Å². The second kappa shape index (κ2) is 63.6. The molecule has 0 aliphatic heterocycles. The first kappa shape index (κ1) is 84.4. The summed E-state index contributed by atoms with van der Waals surface area (Å²) in [4.78, 5) is 58.2. The van der Waals surface area contributed by atoms with E-state index in [0.29, 0.717) is 25.7 Å². The summed E-state index contributed by atoms with van der Waals surface area (Å²) >= 11 is 0. The standard InChI is InChI=1S/C71H116O16P2/c1-4-7-10-13-16-19-22-25-27-29-31-32-34-36-37-40-42-45-48-51-54-57-69(74)81-60-66(72)61-83-88(77,78)84-62-67(73)63-85-89(79,80)86-65-68(87-71(76)59-56-53-50-47-44-39-24-21-18-15-12-9-6-3)64-82-70(75)58-55-52-49-46-43-41-38-35-33-30-28-26-23-20-17-14-11-8-5-2/h7-8,10-11,16-17,19-20,25-28,31-33,35-37,41-43,45,49,52,66-68,72-73H,4-6,9,12-15,18,21-24,29-30,34,38-40,44,46-48,50-51,53-65H2,1-3H3,(H,77,78)(H,79,80)/b10-7-,11-8-,19-16-,20-17-,27-25-,28-26-,32-31-,35-33-,37-36-,43-41-,45-42-,52-49-. The lowest BCUT2D eigenvalue weighted by molar-refractivity contribution is -0.161. The summed E-state index contributed by atoms with van der Waals surface area (Å²) in [7, 11) is -9.81. The van der Waals surface area contributed by atoms with Crippen molar-refractivity contribution < 1.29 is 75.8 Å². The van der Waals surface area contributed by atoms with Gasteiger partial charge in [-0.25, -0.2) is 9.13 Å². The van der Waals surface area contributed by atoms with Gasteiger partial charge >= 0.3 is 33.6 Å². The molecule has 0 saturated carbocycles. The topological polar surface area (TPSA) is 231 Å². The molecular formula is C71H116O16P2. The average Bonchev–Trinajstić information content (AvgIpc) is 3.55. The Balaban J connectivity index is 4.76. The highest BCUT2D eigenvalue weighted by atomic mass is 31.2. The quantitative estimate of drug-likeness (QED) is 0.0146. The van der Waals surface area contributed by atoms with Crippen LogP contribution in [0.1, 0.15) is 226 Å². The zero-order chi connectivity index (χ0) is 65.3. The Kier molecular flexibility index (Phi) is 60.3. The fourth-order valence-electron chi connectivity index (χ4n) is 8.07. The zero-order valence-corrected chi connectivity index (χ0v) is 56.3. The SMILES string of the molecule is CC/C=C\C/C=C\C/C=C\C/C=C\C/C=C\C/C=C\CCCCC(=O)OCC(O)COP(=O)(O)OCC(O)COP(=O)(O)OCC(COC(=O)CC/C=C\C/C=C\C/C=C\C/C=C\C/C=C\C/C=C\CC)OC(=O)CCCCCCCCCCCCCCC. The van der Waals surface area contributed by atoms with Crippen LogP contribution in [0.2, 0.25) is 0 Å². The number of esters is 3. The number of allylic oxidation sites excluding steroid dienone is 24. The molecule has 0 aromatic heterocycles. The zero-order valence-electron chi connectivity index (χ0n) is 54.5. The Morgan fingerprint density at radius 1 is 0.326 bits per heavy atom. The van der Waals surface area contributed by atoms with Gasteiger partial charge in [0.25, 0.3) is 0 Å². The number of aliphatic hydroxyl groups excluding tert-OH is 2. The van der Waals surface area contributed by atoms with Gasteiger partial charge in [0.2, 0.25) is 0 Å². The predicted molar refractivity (Wildman–Crippen MR) is 362 cm³/mol. The molecule has 16 nitrogen and oxygen atoms in total. The summed E-state index contributed by atoms with van der Waals surface area (Å²) in [6.07, 6.45) is 74.9. The van der Waals surface area contributed by atoms with Crippen LogP contribution < -0.4 is 0 Å². The van der Waals surface area contributed by atoms with Crippen molar-refractivity contribution in [1.82, 2.24) is 0 Å². The third-order valence-corrected chi connectivity index (χ3v) is 15.0. The first-order chi connectivity index (χ1) is 43.2. The summed E-state index contributed by atoms with van der Waals surface area (Å²) in [6.45, 7) is 2.27. The van der Waals surface area contributed by atoms with E-state index in [2.05, 4.69) is 148 Å². The second-order valence-corrected chi connectivity index (χ2v) is 24.4. The second-order valence-electron chi connectivity index (χ2n) is 21.5. The molecule has 0 fully saturated rings. The van der Waals surface area contributed by atoms with E-state index in [-0.39, 0.29) is 19.3 Å². The summed E-state index contributed by atoms with van der Waals surface area (Å²) in [6, 6.07) is 0. The van der Waals surface area contributed by atoms with E-state index in [4.69, 9.17) is 32.3 Å². The van der Waals surface area contributed by atoms with Crippen molar-refractivity contribution in [3.8, 4) is 0 Å². The summed E-state index contributed by atoms with van der Waals surface area (Å²) in [5.41, 5.74) is 0. The molecule has 0 aliphatic rings. The Labute approximate surface area is 537 Å². The smallest absolute Gasteiger partial charge is 0.463 e. The Hall–Kier alpha value is -4.57. The van der Waals surface area contributed by atoms with E-state index in [1.54, 1.807) is 0 Å². The number of carbonyl (C=O) groups is 3. The van der Waals surface area contributed by atoms with E-state index in [1.807, 2.05) is 18.2 Å².